The minimum atomic E-state index is -0.942. The zero-order valence-corrected chi connectivity index (χ0v) is 11.7. The molecule has 1 rings (SSSR count). The molecule has 1 aromatic carbocycles. The molecule has 0 atom stereocenters. The van der Waals surface area contributed by atoms with Crippen molar-refractivity contribution in [3.63, 3.8) is 0 Å². The van der Waals surface area contributed by atoms with Gasteiger partial charge in [-0.3, -0.25) is 0 Å². The molecule has 0 unspecified atom stereocenters. The van der Waals surface area contributed by atoms with E-state index in [9.17, 15) is 4.79 Å². The number of carboxylic acid groups (broad SMARTS) is 1. The van der Waals surface area contributed by atoms with E-state index in [2.05, 4.69) is 18.7 Å². The molecule has 0 aliphatic heterocycles. The van der Waals surface area contributed by atoms with Gasteiger partial charge in [-0.05, 0) is 31.6 Å². The SMILES string of the molecule is COCCN(c1ccccc1/C=C/C(=O)O)C(C)C. The highest BCUT2D eigenvalue weighted by Crippen LogP contribution is 2.23. The summed E-state index contributed by atoms with van der Waals surface area (Å²) in [5, 5.41) is 8.73. The second-order valence-electron chi connectivity index (χ2n) is 4.51. The van der Waals surface area contributed by atoms with E-state index in [1.165, 1.54) is 0 Å². The zero-order valence-electron chi connectivity index (χ0n) is 11.7. The van der Waals surface area contributed by atoms with Crippen LogP contribution in [-0.4, -0.2) is 37.4 Å². The second kappa shape index (κ2) is 7.59. The molecule has 0 radical (unpaired) electrons. The molecule has 1 aromatic rings. The van der Waals surface area contributed by atoms with Gasteiger partial charge in [-0.25, -0.2) is 4.79 Å². The number of hydrogen-bond acceptors (Lipinski definition) is 3. The summed E-state index contributed by atoms with van der Waals surface area (Å²) in [4.78, 5) is 12.8. The maximum Gasteiger partial charge on any atom is 0.328 e. The third kappa shape index (κ3) is 4.75. The highest BCUT2D eigenvalue weighted by atomic mass is 16.5. The van der Waals surface area contributed by atoms with E-state index in [1.54, 1.807) is 13.2 Å². The van der Waals surface area contributed by atoms with Crippen molar-refractivity contribution < 1.29 is 14.6 Å². The molecule has 0 spiro atoms. The van der Waals surface area contributed by atoms with Gasteiger partial charge in [0.1, 0.15) is 0 Å². The van der Waals surface area contributed by atoms with Crippen molar-refractivity contribution >= 4 is 17.7 Å². The molecule has 0 bridgehead atoms. The van der Waals surface area contributed by atoms with Crippen LogP contribution in [0, 0.1) is 0 Å². The monoisotopic (exact) mass is 263 g/mol. The van der Waals surface area contributed by atoms with Gasteiger partial charge in [-0.2, -0.15) is 0 Å². The predicted molar refractivity (Wildman–Crippen MR) is 77.5 cm³/mol. The van der Waals surface area contributed by atoms with E-state index in [0.717, 1.165) is 23.9 Å². The predicted octanol–water partition coefficient (Wildman–Crippen LogP) is 2.65. The number of rotatable bonds is 7. The number of nitrogens with zero attached hydrogens (tertiary/aromatic N) is 1. The van der Waals surface area contributed by atoms with Crippen LogP contribution in [0.15, 0.2) is 30.3 Å². The molecule has 0 heterocycles. The minimum absolute atomic E-state index is 0.314. The fraction of sp³-hybridized carbons (Fsp3) is 0.400. The Bertz CT molecular complexity index is 441. The number of anilines is 1. The number of methoxy groups -OCH3 is 1. The van der Waals surface area contributed by atoms with E-state index in [4.69, 9.17) is 9.84 Å². The number of hydrogen-bond donors (Lipinski definition) is 1. The van der Waals surface area contributed by atoms with Crippen LogP contribution in [0.1, 0.15) is 19.4 Å². The smallest absolute Gasteiger partial charge is 0.328 e. The van der Waals surface area contributed by atoms with Gasteiger partial charge in [0.2, 0.25) is 0 Å². The van der Waals surface area contributed by atoms with Crippen LogP contribution >= 0.6 is 0 Å². The molecule has 0 saturated carbocycles. The van der Waals surface area contributed by atoms with Crippen molar-refractivity contribution in [2.45, 2.75) is 19.9 Å². The lowest BCUT2D eigenvalue weighted by molar-refractivity contribution is -0.131. The number of carboxylic acids is 1. The van der Waals surface area contributed by atoms with Gasteiger partial charge in [0.25, 0.3) is 0 Å². The summed E-state index contributed by atoms with van der Waals surface area (Å²) in [5.74, 6) is -0.942. The average Bonchev–Trinajstić information content (AvgIpc) is 2.37. The molecular weight excluding hydrogens is 242 g/mol. The zero-order chi connectivity index (χ0) is 14.3. The number of ether oxygens (including phenoxy) is 1. The van der Waals surface area contributed by atoms with Crippen LogP contribution in [-0.2, 0) is 9.53 Å². The normalized spacial score (nSPS) is 11.2. The molecule has 19 heavy (non-hydrogen) atoms. The average molecular weight is 263 g/mol. The Kier molecular flexibility index (Phi) is 6.09. The molecule has 4 nitrogen and oxygen atoms in total. The standard InChI is InChI=1S/C15H21NO3/c1-12(2)16(10-11-19-3)14-7-5-4-6-13(14)8-9-15(17)18/h4-9,12H,10-11H2,1-3H3,(H,17,18)/b9-8+. The van der Waals surface area contributed by atoms with Crippen LogP contribution in [0.4, 0.5) is 5.69 Å². The van der Waals surface area contributed by atoms with Crippen LogP contribution in [0.3, 0.4) is 0 Å². The molecule has 0 aliphatic carbocycles. The Balaban J connectivity index is 3.04. The summed E-state index contributed by atoms with van der Waals surface area (Å²) >= 11 is 0. The fourth-order valence-electron chi connectivity index (χ4n) is 1.90. The third-order valence-electron chi connectivity index (χ3n) is 2.81. The van der Waals surface area contributed by atoms with Crippen molar-refractivity contribution in [2.24, 2.45) is 0 Å². The van der Waals surface area contributed by atoms with Gasteiger partial charge in [0, 0.05) is 31.5 Å². The third-order valence-corrected chi connectivity index (χ3v) is 2.81. The first-order valence-electron chi connectivity index (χ1n) is 6.32. The summed E-state index contributed by atoms with van der Waals surface area (Å²) in [6, 6.07) is 8.08. The first-order chi connectivity index (χ1) is 9.06. The Hall–Kier alpha value is -1.81. The Morgan fingerprint density at radius 3 is 2.68 bits per heavy atom. The molecule has 4 heteroatoms. The molecular formula is C15H21NO3. The lowest BCUT2D eigenvalue weighted by atomic mass is 10.1. The fourth-order valence-corrected chi connectivity index (χ4v) is 1.90. The quantitative estimate of drug-likeness (QED) is 0.768. The summed E-state index contributed by atoms with van der Waals surface area (Å²) < 4.78 is 5.13. The van der Waals surface area contributed by atoms with Gasteiger partial charge in [-0.15, -0.1) is 0 Å². The largest absolute Gasteiger partial charge is 0.478 e. The van der Waals surface area contributed by atoms with Crippen molar-refractivity contribution in [1.82, 2.24) is 0 Å². The van der Waals surface area contributed by atoms with E-state index < -0.39 is 5.97 Å². The van der Waals surface area contributed by atoms with Crippen molar-refractivity contribution in [1.29, 1.82) is 0 Å². The molecule has 1 N–H and O–H groups in total. The molecule has 104 valence electrons. The van der Waals surface area contributed by atoms with E-state index in [1.807, 2.05) is 24.3 Å². The first-order valence-corrected chi connectivity index (χ1v) is 6.32. The Morgan fingerprint density at radius 2 is 2.11 bits per heavy atom. The summed E-state index contributed by atoms with van der Waals surface area (Å²) in [5.41, 5.74) is 1.92. The lowest BCUT2D eigenvalue weighted by Crippen LogP contribution is -2.34. The van der Waals surface area contributed by atoms with Crippen LogP contribution in [0.2, 0.25) is 0 Å². The van der Waals surface area contributed by atoms with Crippen LogP contribution in [0.25, 0.3) is 6.08 Å². The lowest BCUT2D eigenvalue weighted by Gasteiger charge is -2.30. The van der Waals surface area contributed by atoms with E-state index in [0.29, 0.717) is 12.6 Å². The number of para-hydroxylation sites is 1. The molecule has 0 aliphatic rings. The number of aliphatic carboxylic acids is 1. The molecule has 0 aromatic heterocycles. The number of carbonyl (C=O) groups is 1. The molecule has 0 saturated heterocycles. The number of benzene rings is 1. The Labute approximate surface area is 114 Å². The molecule has 0 amide bonds. The van der Waals surface area contributed by atoms with Gasteiger partial charge in [-0.1, -0.05) is 18.2 Å². The summed E-state index contributed by atoms with van der Waals surface area (Å²) in [7, 11) is 1.68. The van der Waals surface area contributed by atoms with Crippen molar-refractivity contribution in [2.75, 3.05) is 25.2 Å². The van der Waals surface area contributed by atoms with Gasteiger partial charge in [0.15, 0.2) is 0 Å². The maximum absolute atomic E-state index is 10.6. The van der Waals surface area contributed by atoms with E-state index in [-0.39, 0.29) is 0 Å². The topological polar surface area (TPSA) is 49.8 Å². The maximum atomic E-state index is 10.6. The second-order valence-corrected chi connectivity index (χ2v) is 4.51. The van der Waals surface area contributed by atoms with E-state index >= 15 is 0 Å². The Morgan fingerprint density at radius 1 is 1.42 bits per heavy atom. The summed E-state index contributed by atoms with van der Waals surface area (Å²) in [6.45, 7) is 5.61. The van der Waals surface area contributed by atoms with Gasteiger partial charge < -0.3 is 14.7 Å². The van der Waals surface area contributed by atoms with Crippen molar-refractivity contribution in [3.8, 4) is 0 Å². The van der Waals surface area contributed by atoms with Crippen molar-refractivity contribution in [3.05, 3.63) is 35.9 Å². The summed E-state index contributed by atoms with van der Waals surface area (Å²) in [6.07, 6.45) is 2.79. The van der Waals surface area contributed by atoms with Crippen LogP contribution in [0.5, 0.6) is 0 Å². The molecule has 0 fully saturated rings. The van der Waals surface area contributed by atoms with Gasteiger partial charge in [0.05, 0.1) is 6.61 Å². The van der Waals surface area contributed by atoms with Crippen LogP contribution < -0.4 is 4.90 Å². The first kappa shape index (κ1) is 15.2. The minimum Gasteiger partial charge on any atom is -0.478 e. The van der Waals surface area contributed by atoms with Gasteiger partial charge >= 0.3 is 5.97 Å². The highest BCUT2D eigenvalue weighted by molar-refractivity contribution is 5.87. The highest BCUT2D eigenvalue weighted by Gasteiger charge is 2.12.